The van der Waals surface area contributed by atoms with Crippen LogP contribution in [-0.2, 0) is 0 Å². The highest BCUT2D eigenvalue weighted by Crippen LogP contribution is 2.59. The summed E-state index contributed by atoms with van der Waals surface area (Å²) in [5, 5.41) is 19.9. The van der Waals surface area contributed by atoms with E-state index >= 15 is 0 Å². The summed E-state index contributed by atoms with van der Waals surface area (Å²) < 4.78 is 25.2. The highest BCUT2D eigenvalue weighted by molar-refractivity contribution is 5.26. The first-order valence-electron chi connectivity index (χ1n) is 12.5. The van der Waals surface area contributed by atoms with Crippen molar-refractivity contribution in [3.05, 3.63) is 23.3 Å². The molecular formula is C26H41F2NO2. The summed E-state index contributed by atoms with van der Waals surface area (Å²) >= 11 is 0. The maximum Gasteiger partial charge on any atom is 0.239 e. The zero-order chi connectivity index (χ0) is 22.2. The van der Waals surface area contributed by atoms with Crippen molar-refractivity contribution in [1.29, 1.82) is 0 Å². The number of allylic oxidation sites excluding steroid dienone is 3. The topological polar surface area (TPSA) is 43.7 Å². The van der Waals surface area contributed by atoms with Crippen LogP contribution in [-0.4, -0.2) is 53.4 Å². The minimum atomic E-state index is -2.17. The molecule has 176 valence electrons. The van der Waals surface area contributed by atoms with Crippen molar-refractivity contribution in [2.24, 2.45) is 29.1 Å². The third-order valence-electron chi connectivity index (χ3n) is 8.89. The van der Waals surface area contributed by atoms with Gasteiger partial charge in [-0.1, -0.05) is 37.1 Å². The van der Waals surface area contributed by atoms with E-state index in [2.05, 4.69) is 30.9 Å². The fourth-order valence-electron chi connectivity index (χ4n) is 7.51. The van der Waals surface area contributed by atoms with Gasteiger partial charge in [0.05, 0.1) is 12.2 Å². The Labute approximate surface area is 186 Å². The van der Waals surface area contributed by atoms with E-state index in [0.29, 0.717) is 42.4 Å². The average Bonchev–Trinajstić information content (AvgIpc) is 3.01. The predicted molar refractivity (Wildman–Crippen MR) is 120 cm³/mol. The van der Waals surface area contributed by atoms with E-state index < -0.39 is 18.6 Å². The Morgan fingerprint density at radius 1 is 1.13 bits per heavy atom. The summed E-state index contributed by atoms with van der Waals surface area (Å²) in [4.78, 5) is 2.39. The van der Waals surface area contributed by atoms with E-state index in [1.807, 2.05) is 0 Å². The molecule has 0 aromatic rings. The number of aliphatic hydroxyl groups excluding tert-OH is 2. The molecule has 0 bridgehead atoms. The van der Waals surface area contributed by atoms with Crippen molar-refractivity contribution in [2.45, 2.75) is 90.3 Å². The number of halogens is 2. The lowest BCUT2D eigenvalue weighted by molar-refractivity contribution is 0.00986. The molecule has 3 aliphatic carbocycles. The summed E-state index contributed by atoms with van der Waals surface area (Å²) in [6, 6.07) is 0. The largest absolute Gasteiger partial charge is 0.393 e. The van der Waals surface area contributed by atoms with Crippen LogP contribution in [0.15, 0.2) is 23.3 Å². The van der Waals surface area contributed by atoms with Gasteiger partial charge in [-0.2, -0.15) is 0 Å². The zero-order valence-electron chi connectivity index (χ0n) is 19.3. The molecule has 0 aromatic carbocycles. The van der Waals surface area contributed by atoms with Crippen LogP contribution in [0.5, 0.6) is 0 Å². The lowest BCUT2D eigenvalue weighted by Crippen LogP contribution is -2.50. The van der Waals surface area contributed by atoms with Crippen LogP contribution in [0, 0.1) is 29.1 Å². The van der Waals surface area contributed by atoms with Gasteiger partial charge in [-0.05, 0) is 80.5 Å². The number of rotatable bonds is 6. The van der Waals surface area contributed by atoms with E-state index in [0.717, 1.165) is 26.1 Å². The van der Waals surface area contributed by atoms with Crippen molar-refractivity contribution in [3.63, 3.8) is 0 Å². The van der Waals surface area contributed by atoms with Crippen molar-refractivity contribution in [2.75, 3.05) is 19.6 Å². The summed E-state index contributed by atoms with van der Waals surface area (Å²) in [6.07, 6.45) is 9.64. The first-order valence-corrected chi connectivity index (χ1v) is 12.5. The quantitative estimate of drug-likeness (QED) is 0.601. The van der Waals surface area contributed by atoms with Gasteiger partial charge in [0.25, 0.3) is 0 Å². The highest BCUT2D eigenvalue weighted by Gasteiger charge is 2.51. The normalized spacial score (nSPS) is 39.6. The maximum atomic E-state index is 12.6. The Balaban J connectivity index is 1.37. The minimum Gasteiger partial charge on any atom is -0.393 e. The van der Waals surface area contributed by atoms with Crippen molar-refractivity contribution < 1.29 is 19.0 Å². The van der Waals surface area contributed by atoms with Crippen molar-refractivity contribution in [3.8, 4) is 0 Å². The first kappa shape index (κ1) is 23.4. The molecular weight excluding hydrogens is 396 g/mol. The summed E-state index contributed by atoms with van der Waals surface area (Å²) in [5.41, 5.74) is 3.07. The average molecular weight is 438 g/mol. The number of nitrogens with zero attached hydrogens (tertiary/aromatic N) is 1. The van der Waals surface area contributed by atoms with Crippen molar-refractivity contribution >= 4 is 0 Å². The Bertz CT molecular complexity index is 675. The summed E-state index contributed by atoms with van der Waals surface area (Å²) in [7, 11) is 0. The highest BCUT2D eigenvalue weighted by atomic mass is 19.3. The second-order valence-corrected chi connectivity index (χ2v) is 11.3. The second kappa shape index (κ2) is 9.61. The molecule has 3 nitrogen and oxygen atoms in total. The van der Waals surface area contributed by atoms with Gasteiger partial charge >= 0.3 is 0 Å². The molecule has 0 radical (unpaired) electrons. The Morgan fingerprint density at radius 2 is 1.84 bits per heavy atom. The molecule has 6 atom stereocenters. The van der Waals surface area contributed by atoms with E-state index in [-0.39, 0.29) is 12.3 Å². The van der Waals surface area contributed by atoms with Crippen LogP contribution in [0.3, 0.4) is 0 Å². The maximum absolute atomic E-state index is 12.6. The molecule has 0 spiro atoms. The second-order valence-electron chi connectivity index (χ2n) is 11.3. The van der Waals surface area contributed by atoms with Crippen LogP contribution >= 0.6 is 0 Å². The zero-order valence-corrected chi connectivity index (χ0v) is 19.3. The van der Waals surface area contributed by atoms with Gasteiger partial charge in [0.15, 0.2) is 0 Å². The van der Waals surface area contributed by atoms with Crippen LogP contribution in [0.2, 0.25) is 0 Å². The molecule has 1 heterocycles. The molecule has 4 aliphatic rings. The number of alkyl halides is 2. The molecule has 1 saturated heterocycles. The van der Waals surface area contributed by atoms with Gasteiger partial charge in [-0.25, -0.2) is 8.78 Å². The molecule has 2 N–H and O–H groups in total. The van der Waals surface area contributed by atoms with Crippen LogP contribution in [0.1, 0.15) is 71.6 Å². The van der Waals surface area contributed by atoms with E-state index in [4.69, 9.17) is 0 Å². The Kier molecular flexibility index (Phi) is 7.24. The van der Waals surface area contributed by atoms with Gasteiger partial charge in [0.1, 0.15) is 0 Å². The van der Waals surface area contributed by atoms with Crippen LogP contribution < -0.4 is 0 Å². The number of likely N-dealkylation sites (tertiary alicyclic amines) is 1. The van der Waals surface area contributed by atoms with Crippen LogP contribution in [0.25, 0.3) is 0 Å². The van der Waals surface area contributed by atoms with E-state index in [9.17, 15) is 19.0 Å². The Hall–Kier alpha value is -0.780. The molecule has 0 aromatic heterocycles. The lowest BCUT2D eigenvalue weighted by atomic mass is 9.61. The van der Waals surface area contributed by atoms with Gasteiger partial charge in [0, 0.05) is 26.1 Å². The molecule has 0 amide bonds. The van der Waals surface area contributed by atoms with Gasteiger partial charge in [-0.3, -0.25) is 0 Å². The SMILES string of the molecule is C[C@H](CN1CC(CC(F)F)C1)[C@H]1CC[C@H]2/C(=C/C=C3C[C@@H](O)C[C@H](O)C3)CCC[C@]12C. The monoisotopic (exact) mass is 437 g/mol. The van der Waals surface area contributed by atoms with Crippen LogP contribution in [0.4, 0.5) is 8.78 Å². The van der Waals surface area contributed by atoms with Gasteiger partial charge < -0.3 is 15.1 Å². The molecule has 31 heavy (non-hydrogen) atoms. The predicted octanol–water partition coefficient (Wildman–Crippen LogP) is 5.18. The number of fused-ring (bicyclic) bond motifs is 1. The molecule has 0 unspecified atom stereocenters. The smallest absolute Gasteiger partial charge is 0.239 e. The summed E-state index contributed by atoms with van der Waals surface area (Å²) in [5.74, 6) is 2.12. The first-order chi connectivity index (χ1) is 14.7. The van der Waals surface area contributed by atoms with E-state index in [1.165, 1.54) is 31.3 Å². The van der Waals surface area contributed by atoms with E-state index in [1.54, 1.807) is 5.57 Å². The molecule has 3 saturated carbocycles. The molecule has 5 heteroatoms. The fraction of sp³-hybridized carbons (Fsp3) is 0.846. The minimum absolute atomic E-state index is 0.0613. The molecule has 4 fully saturated rings. The number of hydrogen-bond acceptors (Lipinski definition) is 3. The molecule has 1 aliphatic heterocycles. The number of hydrogen-bond donors (Lipinski definition) is 2. The van der Waals surface area contributed by atoms with Crippen molar-refractivity contribution in [1.82, 2.24) is 4.90 Å². The summed E-state index contributed by atoms with van der Waals surface area (Å²) in [6.45, 7) is 7.61. The Morgan fingerprint density at radius 3 is 2.52 bits per heavy atom. The van der Waals surface area contributed by atoms with Gasteiger partial charge in [-0.15, -0.1) is 0 Å². The third-order valence-corrected chi connectivity index (χ3v) is 8.89. The fourth-order valence-corrected chi connectivity index (χ4v) is 7.51. The molecule has 4 rings (SSSR count). The lowest BCUT2D eigenvalue weighted by Gasteiger charge is -2.47. The third kappa shape index (κ3) is 5.25. The number of aliphatic hydroxyl groups is 2. The standard InChI is InChI=1S/C26H41F2NO2/c1-17(14-29-15-19(16-29)12-25(27)28)23-7-8-24-20(4-3-9-26(23,24)2)6-5-18-10-21(30)13-22(31)11-18/h5-6,17,19,21-25,30-31H,3-4,7-16H2,1-2H3/b20-6+/t17-,21-,22-,23-,24+,26-/m1/s1. The van der Waals surface area contributed by atoms with Gasteiger partial charge in [0.2, 0.25) is 6.43 Å².